The average molecular weight is 217 g/mol. The number of benzene rings is 1. The van der Waals surface area contributed by atoms with E-state index in [0.29, 0.717) is 12.1 Å². The average Bonchev–Trinajstić information content (AvgIpc) is 2.69. The zero-order valence-electron chi connectivity index (χ0n) is 7.84. The van der Waals surface area contributed by atoms with Crippen LogP contribution in [0.25, 0.3) is 0 Å². The molecule has 0 bridgehead atoms. The topological polar surface area (TPSA) is 21.3 Å². The molecule has 82 valence electrons. The highest BCUT2D eigenvalue weighted by atomic mass is 19.4. The van der Waals surface area contributed by atoms with Gasteiger partial charge in [0.25, 0.3) is 0 Å². The molecule has 0 amide bonds. The normalized spacial score (nSPS) is 21.9. The van der Waals surface area contributed by atoms with Crippen LogP contribution in [0.1, 0.15) is 17.0 Å². The summed E-state index contributed by atoms with van der Waals surface area (Å²) in [5.41, 5.74) is 2.32. The molecule has 1 unspecified atom stereocenters. The summed E-state index contributed by atoms with van der Waals surface area (Å²) in [4.78, 5) is 4.86. The standard InChI is InChI=1S/C10H10F3NO/c11-10(12,13)9-4-2-1-3-8(9)7-5-14-15-6-7/h1-4,7,14H,5-6H2. The van der Waals surface area contributed by atoms with E-state index >= 15 is 0 Å². The number of nitrogens with one attached hydrogen (secondary N) is 1. The number of halogens is 3. The summed E-state index contributed by atoms with van der Waals surface area (Å²) >= 11 is 0. The van der Waals surface area contributed by atoms with E-state index in [1.54, 1.807) is 6.07 Å². The molecule has 1 N–H and O–H groups in total. The Morgan fingerprint density at radius 3 is 2.60 bits per heavy atom. The van der Waals surface area contributed by atoms with Crippen molar-refractivity contribution < 1.29 is 18.0 Å². The Labute approximate surface area is 85.0 Å². The molecule has 0 saturated carbocycles. The lowest BCUT2D eigenvalue weighted by atomic mass is 9.95. The summed E-state index contributed by atoms with van der Waals surface area (Å²) in [6.45, 7) is 0.709. The Kier molecular flexibility index (Phi) is 2.67. The minimum Gasteiger partial charge on any atom is -0.301 e. The summed E-state index contributed by atoms with van der Waals surface area (Å²) in [6.07, 6.45) is -4.29. The fourth-order valence-electron chi connectivity index (χ4n) is 1.69. The molecule has 2 nitrogen and oxygen atoms in total. The summed E-state index contributed by atoms with van der Waals surface area (Å²) in [7, 11) is 0. The number of hydrogen-bond donors (Lipinski definition) is 1. The zero-order chi connectivity index (χ0) is 10.9. The van der Waals surface area contributed by atoms with Crippen LogP contribution in [-0.2, 0) is 11.0 Å². The van der Waals surface area contributed by atoms with E-state index in [0.717, 1.165) is 6.07 Å². The Morgan fingerprint density at radius 2 is 2.00 bits per heavy atom. The number of hydrogen-bond acceptors (Lipinski definition) is 2. The summed E-state index contributed by atoms with van der Waals surface area (Å²) < 4.78 is 37.9. The first-order valence-electron chi connectivity index (χ1n) is 4.60. The minimum atomic E-state index is -4.29. The van der Waals surface area contributed by atoms with Crippen molar-refractivity contribution in [1.82, 2.24) is 5.48 Å². The van der Waals surface area contributed by atoms with Gasteiger partial charge >= 0.3 is 6.18 Å². The van der Waals surface area contributed by atoms with Crippen molar-refractivity contribution in [2.75, 3.05) is 13.2 Å². The Morgan fingerprint density at radius 1 is 1.27 bits per heavy atom. The van der Waals surface area contributed by atoms with Crippen LogP contribution < -0.4 is 5.48 Å². The molecular weight excluding hydrogens is 207 g/mol. The van der Waals surface area contributed by atoms with E-state index in [1.165, 1.54) is 12.1 Å². The van der Waals surface area contributed by atoms with Crippen LogP contribution >= 0.6 is 0 Å². The van der Waals surface area contributed by atoms with Gasteiger partial charge in [-0.2, -0.15) is 13.2 Å². The van der Waals surface area contributed by atoms with E-state index in [1.807, 2.05) is 0 Å². The van der Waals surface area contributed by atoms with Gasteiger partial charge in [0.15, 0.2) is 0 Å². The Hall–Kier alpha value is -1.07. The van der Waals surface area contributed by atoms with E-state index in [4.69, 9.17) is 4.84 Å². The molecule has 2 rings (SSSR count). The van der Waals surface area contributed by atoms with Gasteiger partial charge < -0.3 is 4.84 Å². The predicted molar refractivity (Wildman–Crippen MR) is 48.1 cm³/mol. The molecule has 15 heavy (non-hydrogen) atoms. The van der Waals surface area contributed by atoms with Crippen molar-refractivity contribution in [3.8, 4) is 0 Å². The van der Waals surface area contributed by atoms with Gasteiger partial charge in [0.1, 0.15) is 0 Å². The van der Waals surface area contributed by atoms with Crippen LogP contribution in [0.5, 0.6) is 0 Å². The van der Waals surface area contributed by atoms with Crippen LogP contribution in [0.2, 0.25) is 0 Å². The first kappa shape index (κ1) is 10.4. The predicted octanol–water partition coefficient (Wildman–Crippen LogP) is 2.32. The Bertz CT molecular complexity index is 345. The third-order valence-electron chi connectivity index (χ3n) is 2.42. The van der Waals surface area contributed by atoms with Crippen molar-refractivity contribution in [2.45, 2.75) is 12.1 Å². The van der Waals surface area contributed by atoms with E-state index < -0.39 is 11.7 Å². The molecule has 5 heteroatoms. The Balaban J connectivity index is 2.37. The van der Waals surface area contributed by atoms with Crippen LogP contribution in [0, 0.1) is 0 Å². The van der Waals surface area contributed by atoms with Crippen molar-refractivity contribution in [3.63, 3.8) is 0 Å². The van der Waals surface area contributed by atoms with Crippen LogP contribution in [0.3, 0.4) is 0 Å². The van der Waals surface area contributed by atoms with Crippen molar-refractivity contribution >= 4 is 0 Å². The van der Waals surface area contributed by atoms with Gasteiger partial charge in [0, 0.05) is 12.5 Å². The molecule has 1 aliphatic rings. The first-order valence-corrected chi connectivity index (χ1v) is 4.60. The van der Waals surface area contributed by atoms with E-state index in [-0.39, 0.29) is 12.5 Å². The molecule has 0 aliphatic carbocycles. The monoisotopic (exact) mass is 217 g/mol. The maximum Gasteiger partial charge on any atom is 0.416 e. The summed E-state index contributed by atoms with van der Waals surface area (Å²) in [6, 6.07) is 5.62. The summed E-state index contributed by atoms with van der Waals surface area (Å²) in [5, 5.41) is 0. The molecule has 0 spiro atoms. The van der Waals surface area contributed by atoms with Gasteiger partial charge in [-0.3, -0.25) is 0 Å². The molecule has 1 aromatic carbocycles. The lowest BCUT2D eigenvalue weighted by molar-refractivity contribution is -0.138. The second-order valence-electron chi connectivity index (χ2n) is 3.44. The van der Waals surface area contributed by atoms with Gasteiger partial charge in [-0.15, -0.1) is 0 Å². The van der Waals surface area contributed by atoms with Gasteiger partial charge in [0.2, 0.25) is 0 Å². The first-order chi connectivity index (χ1) is 7.09. The molecule has 1 aliphatic heterocycles. The minimum absolute atomic E-state index is 0.220. The highest BCUT2D eigenvalue weighted by Crippen LogP contribution is 2.35. The fraction of sp³-hybridized carbons (Fsp3) is 0.400. The molecule has 1 saturated heterocycles. The van der Waals surface area contributed by atoms with Gasteiger partial charge in [-0.25, -0.2) is 5.48 Å². The quantitative estimate of drug-likeness (QED) is 0.779. The van der Waals surface area contributed by atoms with E-state index in [9.17, 15) is 13.2 Å². The largest absolute Gasteiger partial charge is 0.416 e. The molecule has 0 radical (unpaired) electrons. The SMILES string of the molecule is FC(F)(F)c1ccccc1C1CNOC1. The third kappa shape index (κ3) is 2.13. The number of hydroxylamine groups is 1. The van der Waals surface area contributed by atoms with E-state index in [2.05, 4.69) is 5.48 Å². The van der Waals surface area contributed by atoms with Crippen molar-refractivity contribution in [1.29, 1.82) is 0 Å². The maximum atomic E-state index is 12.6. The van der Waals surface area contributed by atoms with Crippen molar-refractivity contribution in [3.05, 3.63) is 35.4 Å². The molecule has 1 heterocycles. The highest BCUT2D eigenvalue weighted by molar-refractivity contribution is 5.33. The molecule has 1 fully saturated rings. The maximum absolute atomic E-state index is 12.6. The molecule has 1 aromatic rings. The van der Waals surface area contributed by atoms with Crippen LogP contribution in [-0.4, -0.2) is 13.2 Å². The zero-order valence-corrected chi connectivity index (χ0v) is 7.84. The molecule has 0 aromatic heterocycles. The van der Waals surface area contributed by atoms with Gasteiger partial charge in [-0.1, -0.05) is 18.2 Å². The lowest BCUT2D eigenvalue weighted by Crippen LogP contribution is -2.14. The summed E-state index contributed by atoms with van der Waals surface area (Å²) in [5.74, 6) is -0.220. The fourth-order valence-corrected chi connectivity index (χ4v) is 1.69. The van der Waals surface area contributed by atoms with Crippen LogP contribution in [0.4, 0.5) is 13.2 Å². The van der Waals surface area contributed by atoms with Crippen molar-refractivity contribution in [2.24, 2.45) is 0 Å². The number of alkyl halides is 3. The molecular formula is C10H10F3NO. The smallest absolute Gasteiger partial charge is 0.301 e. The second kappa shape index (κ2) is 3.83. The third-order valence-corrected chi connectivity index (χ3v) is 2.42. The molecule has 1 atom stereocenters. The second-order valence-corrected chi connectivity index (χ2v) is 3.44. The highest BCUT2D eigenvalue weighted by Gasteiger charge is 2.35. The van der Waals surface area contributed by atoms with Gasteiger partial charge in [0.05, 0.1) is 12.2 Å². The lowest BCUT2D eigenvalue weighted by Gasteiger charge is -2.15. The number of rotatable bonds is 1. The van der Waals surface area contributed by atoms with Gasteiger partial charge in [-0.05, 0) is 11.6 Å². The van der Waals surface area contributed by atoms with Crippen LogP contribution in [0.15, 0.2) is 24.3 Å².